The molecule has 1 aliphatic heterocycles. The number of amides is 1. The van der Waals surface area contributed by atoms with Crippen molar-refractivity contribution in [3.8, 4) is 0 Å². The minimum absolute atomic E-state index is 0.00788. The third kappa shape index (κ3) is 2.37. The van der Waals surface area contributed by atoms with Gasteiger partial charge in [-0.1, -0.05) is 20.3 Å². The van der Waals surface area contributed by atoms with Crippen molar-refractivity contribution >= 4 is 11.9 Å². The summed E-state index contributed by atoms with van der Waals surface area (Å²) in [5.41, 5.74) is -0.998. The zero-order chi connectivity index (χ0) is 14.3. The molecule has 19 heavy (non-hydrogen) atoms. The summed E-state index contributed by atoms with van der Waals surface area (Å²) in [5, 5.41) is 9.50. The molecule has 4 heteroatoms. The zero-order valence-electron chi connectivity index (χ0n) is 12.2. The van der Waals surface area contributed by atoms with Crippen molar-refractivity contribution in [2.45, 2.75) is 64.8 Å². The normalized spacial score (nSPS) is 34.3. The smallest absolute Gasteiger partial charge is 0.329 e. The molecule has 1 amide bonds. The Morgan fingerprint density at radius 1 is 1.11 bits per heavy atom. The quantitative estimate of drug-likeness (QED) is 0.836. The van der Waals surface area contributed by atoms with E-state index in [9.17, 15) is 14.7 Å². The lowest BCUT2D eigenvalue weighted by molar-refractivity contribution is -0.164. The fourth-order valence-corrected chi connectivity index (χ4v) is 3.67. The van der Waals surface area contributed by atoms with Crippen molar-refractivity contribution < 1.29 is 14.7 Å². The molecule has 0 aromatic carbocycles. The van der Waals surface area contributed by atoms with Crippen molar-refractivity contribution in [1.82, 2.24) is 4.90 Å². The third-order valence-electron chi connectivity index (χ3n) is 5.17. The van der Waals surface area contributed by atoms with Gasteiger partial charge in [-0.15, -0.1) is 0 Å². The molecular formula is C15H25NO3. The van der Waals surface area contributed by atoms with Gasteiger partial charge in [0.15, 0.2) is 0 Å². The van der Waals surface area contributed by atoms with Gasteiger partial charge >= 0.3 is 5.97 Å². The molecule has 0 radical (unpaired) electrons. The molecule has 108 valence electrons. The summed E-state index contributed by atoms with van der Waals surface area (Å²) in [7, 11) is 0. The number of carbonyl (C=O) groups is 2. The Morgan fingerprint density at radius 2 is 1.79 bits per heavy atom. The first-order chi connectivity index (χ1) is 8.79. The van der Waals surface area contributed by atoms with E-state index >= 15 is 0 Å². The Hall–Kier alpha value is -1.06. The van der Waals surface area contributed by atoms with Gasteiger partial charge in [0.25, 0.3) is 0 Å². The number of carbonyl (C=O) groups excluding carboxylic acids is 1. The highest BCUT2D eigenvalue weighted by molar-refractivity contribution is 5.88. The molecule has 4 nitrogen and oxygen atoms in total. The molecule has 2 aliphatic rings. The van der Waals surface area contributed by atoms with E-state index in [4.69, 9.17) is 0 Å². The topological polar surface area (TPSA) is 57.6 Å². The van der Waals surface area contributed by atoms with Crippen LogP contribution in [-0.4, -0.2) is 34.0 Å². The molecule has 1 saturated heterocycles. The minimum Gasteiger partial charge on any atom is -0.480 e. The summed E-state index contributed by atoms with van der Waals surface area (Å²) in [6, 6.07) is 0. The van der Waals surface area contributed by atoms with Gasteiger partial charge in [-0.05, 0) is 44.4 Å². The number of nitrogens with zero attached hydrogens (tertiary/aromatic N) is 1. The van der Waals surface area contributed by atoms with Crippen LogP contribution in [0.4, 0.5) is 0 Å². The number of aliphatic carboxylic acids is 1. The van der Waals surface area contributed by atoms with E-state index < -0.39 is 11.5 Å². The molecule has 1 saturated carbocycles. The van der Waals surface area contributed by atoms with E-state index in [-0.39, 0.29) is 17.2 Å². The van der Waals surface area contributed by atoms with Gasteiger partial charge < -0.3 is 10.0 Å². The lowest BCUT2D eigenvalue weighted by Crippen LogP contribution is -2.59. The predicted octanol–water partition coefficient (Wildman–Crippen LogP) is 2.67. The van der Waals surface area contributed by atoms with Crippen molar-refractivity contribution in [2.24, 2.45) is 11.3 Å². The first-order valence-electron chi connectivity index (χ1n) is 7.34. The van der Waals surface area contributed by atoms with Crippen molar-refractivity contribution in [3.05, 3.63) is 0 Å². The van der Waals surface area contributed by atoms with Crippen LogP contribution in [0.3, 0.4) is 0 Å². The number of carboxylic acids is 1. The van der Waals surface area contributed by atoms with Gasteiger partial charge in [0.1, 0.15) is 5.54 Å². The van der Waals surface area contributed by atoms with Gasteiger partial charge in [0.2, 0.25) is 5.91 Å². The Morgan fingerprint density at radius 3 is 2.32 bits per heavy atom. The fraction of sp³-hybridized carbons (Fsp3) is 0.867. The zero-order valence-corrected chi connectivity index (χ0v) is 12.2. The summed E-state index contributed by atoms with van der Waals surface area (Å²) in [4.78, 5) is 26.0. The largest absolute Gasteiger partial charge is 0.480 e. The highest BCUT2D eigenvalue weighted by Crippen LogP contribution is 2.45. The highest BCUT2D eigenvalue weighted by Gasteiger charge is 2.49. The second-order valence-electron chi connectivity index (χ2n) is 6.96. The maximum atomic E-state index is 12.8. The monoisotopic (exact) mass is 267 g/mol. The van der Waals surface area contributed by atoms with E-state index in [2.05, 4.69) is 13.8 Å². The van der Waals surface area contributed by atoms with Crippen LogP contribution < -0.4 is 0 Å². The molecule has 2 fully saturated rings. The number of piperidine rings is 1. The molecule has 1 aliphatic carbocycles. The Labute approximate surface area is 115 Å². The van der Waals surface area contributed by atoms with E-state index in [1.165, 1.54) is 0 Å². The molecular weight excluding hydrogens is 242 g/mol. The second-order valence-corrected chi connectivity index (χ2v) is 6.96. The van der Waals surface area contributed by atoms with Crippen LogP contribution in [0.5, 0.6) is 0 Å². The van der Waals surface area contributed by atoms with Crippen LogP contribution in [0.15, 0.2) is 0 Å². The van der Waals surface area contributed by atoms with Crippen LogP contribution in [-0.2, 0) is 9.59 Å². The summed E-state index contributed by atoms with van der Waals surface area (Å²) >= 11 is 0. The molecule has 0 aromatic rings. The summed E-state index contributed by atoms with van der Waals surface area (Å²) in [6.07, 6.45) is 5.41. The van der Waals surface area contributed by atoms with Crippen molar-refractivity contribution in [3.63, 3.8) is 0 Å². The average molecular weight is 267 g/mol. The number of rotatable bonds is 2. The minimum atomic E-state index is -1.01. The number of hydrogen-bond acceptors (Lipinski definition) is 2. The number of likely N-dealkylation sites (tertiary alicyclic amines) is 1. The lowest BCUT2D eigenvalue weighted by atomic mass is 9.79. The average Bonchev–Trinajstić information content (AvgIpc) is 2.68. The van der Waals surface area contributed by atoms with Crippen molar-refractivity contribution in [2.75, 3.05) is 6.54 Å². The van der Waals surface area contributed by atoms with Gasteiger partial charge in [-0.25, -0.2) is 4.79 Å². The molecule has 0 spiro atoms. The first-order valence-corrected chi connectivity index (χ1v) is 7.34. The molecule has 2 atom stereocenters. The molecule has 2 rings (SSSR count). The second kappa shape index (κ2) is 4.80. The molecule has 1 heterocycles. The van der Waals surface area contributed by atoms with Gasteiger partial charge in [-0.3, -0.25) is 4.79 Å². The van der Waals surface area contributed by atoms with Gasteiger partial charge in [-0.2, -0.15) is 0 Å². The predicted molar refractivity (Wildman–Crippen MR) is 72.7 cm³/mol. The standard InChI is InChI=1S/C15H25NO3/c1-14(2)8-6-7-11(14)12(17)16-10-5-4-9-15(16,3)13(18)19/h11H,4-10H2,1-3H3,(H,18,19). The van der Waals surface area contributed by atoms with Crippen LogP contribution in [0.25, 0.3) is 0 Å². The van der Waals surface area contributed by atoms with Crippen LogP contribution in [0.2, 0.25) is 0 Å². The maximum absolute atomic E-state index is 12.8. The first kappa shape index (κ1) is 14.4. The van der Waals surface area contributed by atoms with Crippen LogP contribution in [0.1, 0.15) is 59.3 Å². The van der Waals surface area contributed by atoms with Gasteiger partial charge in [0.05, 0.1) is 0 Å². The molecule has 0 bridgehead atoms. The van der Waals surface area contributed by atoms with Crippen LogP contribution >= 0.6 is 0 Å². The summed E-state index contributed by atoms with van der Waals surface area (Å²) < 4.78 is 0. The molecule has 1 N–H and O–H groups in total. The SMILES string of the molecule is CC1(C)CCCC1C(=O)N1CCCCC1(C)C(=O)O. The van der Waals surface area contributed by atoms with Crippen LogP contribution in [0, 0.1) is 11.3 Å². The maximum Gasteiger partial charge on any atom is 0.329 e. The summed E-state index contributed by atoms with van der Waals surface area (Å²) in [5.74, 6) is -0.812. The van der Waals surface area contributed by atoms with Crippen molar-refractivity contribution in [1.29, 1.82) is 0 Å². The highest BCUT2D eigenvalue weighted by atomic mass is 16.4. The summed E-state index contributed by atoms with van der Waals surface area (Å²) in [6.45, 7) is 6.55. The van der Waals surface area contributed by atoms with E-state index in [1.807, 2.05) is 0 Å². The van der Waals surface area contributed by atoms with E-state index in [0.717, 1.165) is 32.1 Å². The number of hydrogen-bond donors (Lipinski definition) is 1. The Kier molecular flexibility index (Phi) is 3.63. The fourth-order valence-electron chi connectivity index (χ4n) is 3.67. The van der Waals surface area contributed by atoms with Gasteiger partial charge in [0, 0.05) is 12.5 Å². The Balaban J connectivity index is 2.23. The molecule has 2 unspecified atom stereocenters. The Bertz CT molecular complexity index is 391. The lowest BCUT2D eigenvalue weighted by Gasteiger charge is -2.44. The molecule has 0 aromatic heterocycles. The van der Waals surface area contributed by atoms with E-state index in [1.54, 1.807) is 11.8 Å². The number of carboxylic acid groups (broad SMARTS) is 1. The van der Waals surface area contributed by atoms with E-state index in [0.29, 0.717) is 13.0 Å². The third-order valence-corrected chi connectivity index (χ3v) is 5.17.